The molecular formula is C24H28N2O4S. The Morgan fingerprint density at radius 1 is 1.03 bits per heavy atom. The van der Waals surface area contributed by atoms with Crippen LogP contribution in [0.4, 0.5) is 5.69 Å². The molecule has 6 nitrogen and oxygen atoms in total. The lowest BCUT2D eigenvalue weighted by Crippen LogP contribution is -2.31. The Labute approximate surface area is 183 Å². The quantitative estimate of drug-likeness (QED) is 0.561. The molecule has 2 heterocycles. The molecule has 0 N–H and O–H groups in total. The minimum absolute atomic E-state index is 0.237. The Kier molecular flexibility index (Phi) is 6.16. The lowest BCUT2D eigenvalue weighted by molar-refractivity contribution is 0.0963. The fourth-order valence-electron chi connectivity index (χ4n) is 4.17. The predicted molar refractivity (Wildman–Crippen MR) is 122 cm³/mol. The first kappa shape index (κ1) is 21.6. The van der Waals surface area contributed by atoms with Crippen molar-refractivity contribution in [1.82, 2.24) is 4.31 Å². The van der Waals surface area contributed by atoms with Crippen molar-refractivity contribution < 1.29 is 17.6 Å². The number of sulfonamides is 1. The summed E-state index contributed by atoms with van der Waals surface area (Å²) in [6, 6.07) is 14.3. The third-order valence-electron chi connectivity index (χ3n) is 5.93. The number of anilines is 1. The number of hydrogen-bond donors (Lipinski definition) is 0. The van der Waals surface area contributed by atoms with Gasteiger partial charge in [-0.15, -0.1) is 0 Å². The van der Waals surface area contributed by atoms with Crippen LogP contribution in [0.15, 0.2) is 57.8 Å². The van der Waals surface area contributed by atoms with Crippen molar-refractivity contribution in [2.75, 3.05) is 24.5 Å². The molecule has 3 aromatic rings. The van der Waals surface area contributed by atoms with E-state index in [0.29, 0.717) is 36.2 Å². The molecule has 164 valence electrons. The highest BCUT2D eigenvalue weighted by molar-refractivity contribution is 7.89. The van der Waals surface area contributed by atoms with Crippen molar-refractivity contribution in [3.63, 3.8) is 0 Å². The van der Waals surface area contributed by atoms with Crippen molar-refractivity contribution in [3.8, 4) is 0 Å². The maximum absolute atomic E-state index is 13.2. The molecule has 31 heavy (non-hydrogen) atoms. The van der Waals surface area contributed by atoms with Crippen LogP contribution in [-0.4, -0.2) is 38.3 Å². The molecule has 7 heteroatoms. The second-order valence-corrected chi connectivity index (χ2v) is 9.86. The minimum atomic E-state index is -3.57. The molecule has 1 amide bonds. The molecule has 1 saturated heterocycles. The van der Waals surface area contributed by atoms with Gasteiger partial charge in [-0.05, 0) is 57.0 Å². The highest BCUT2D eigenvalue weighted by Crippen LogP contribution is 2.31. The molecule has 1 aliphatic rings. The third-order valence-corrected chi connectivity index (χ3v) is 7.83. The van der Waals surface area contributed by atoms with E-state index in [-0.39, 0.29) is 16.6 Å². The summed E-state index contributed by atoms with van der Waals surface area (Å²) in [5.74, 6) is 0.00403. The van der Waals surface area contributed by atoms with Gasteiger partial charge in [0, 0.05) is 36.3 Å². The van der Waals surface area contributed by atoms with Gasteiger partial charge in [-0.3, -0.25) is 4.79 Å². The van der Waals surface area contributed by atoms with Gasteiger partial charge in [-0.25, -0.2) is 8.42 Å². The van der Waals surface area contributed by atoms with E-state index < -0.39 is 10.0 Å². The number of rotatable bonds is 5. The van der Waals surface area contributed by atoms with Crippen LogP contribution < -0.4 is 4.90 Å². The van der Waals surface area contributed by atoms with Crippen molar-refractivity contribution in [3.05, 3.63) is 59.9 Å². The van der Waals surface area contributed by atoms with E-state index in [1.807, 2.05) is 37.3 Å². The Bertz CT molecular complexity index is 1180. The van der Waals surface area contributed by atoms with E-state index in [2.05, 4.69) is 0 Å². The molecule has 0 atom stereocenters. The first-order valence-corrected chi connectivity index (χ1v) is 12.3. The Morgan fingerprint density at radius 2 is 1.71 bits per heavy atom. The maximum Gasteiger partial charge on any atom is 0.294 e. The van der Waals surface area contributed by atoms with Gasteiger partial charge < -0.3 is 9.32 Å². The summed E-state index contributed by atoms with van der Waals surface area (Å²) < 4.78 is 33.9. The zero-order chi connectivity index (χ0) is 22.0. The molecule has 0 aliphatic carbocycles. The summed E-state index contributed by atoms with van der Waals surface area (Å²) in [6.07, 6.45) is 3.90. The Balaban J connectivity index is 1.70. The highest BCUT2D eigenvalue weighted by atomic mass is 32.2. The van der Waals surface area contributed by atoms with Crippen molar-refractivity contribution in [1.29, 1.82) is 0 Å². The number of amides is 1. The molecule has 0 spiro atoms. The van der Waals surface area contributed by atoms with Crippen LogP contribution in [0.3, 0.4) is 0 Å². The number of carbonyl (C=O) groups is 1. The maximum atomic E-state index is 13.2. The van der Waals surface area contributed by atoms with Gasteiger partial charge in [0.25, 0.3) is 5.91 Å². The van der Waals surface area contributed by atoms with Gasteiger partial charge in [-0.2, -0.15) is 4.31 Å². The lowest BCUT2D eigenvalue weighted by atomic mass is 10.1. The third kappa shape index (κ3) is 4.12. The number of aryl methyl sites for hydroxylation is 1. The number of benzene rings is 2. The van der Waals surface area contributed by atoms with Gasteiger partial charge in [0.2, 0.25) is 10.0 Å². The number of para-hydroxylation sites is 1. The summed E-state index contributed by atoms with van der Waals surface area (Å²) >= 11 is 0. The van der Waals surface area contributed by atoms with E-state index >= 15 is 0 Å². The van der Waals surface area contributed by atoms with Gasteiger partial charge >= 0.3 is 0 Å². The van der Waals surface area contributed by atoms with Crippen molar-refractivity contribution >= 4 is 32.6 Å². The van der Waals surface area contributed by atoms with Gasteiger partial charge in [0.15, 0.2) is 5.76 Å². The molecular weight excluding hydrogens is 412 g/mol. The SMILES string of the molecule is CCN(C(=O)c1oc2ccc(S(=O)(=O)N3CCCCCC3)cc2c1C)c1ccccc1. The van der Waals surface area contributed by atoms with Crippen LogP contribution in [0.2, 0.25) is 0 Å². The van der Waals surface area contributed by atoms with E-state index in [1.165, 1.54) is 0 Å². The van der Waals surface area contributed by atoms with E-state index in [0.717, 1.165) is 31.4 Å². The second-order valence-electron chi connectivity index (χ2n) is 7.92. The van der Waals surface area contributed by atoms with Gasteiger partial charge in [-0.1, -0.05) is 31.0 Å². The smallest absolute Gasteiger partial charge is 0.294 e. The monoisotopic (exact) mass is 440 g/mol. The number of furan rings is 1. The van der Waals surface area contributed by atoms with E-state index in [9.17, 15) is 13.2 Å². The Morgan fingerprint density at radius 3 is 2.35 bits per heavy atom. The van der Waals surface area contributed by atoms with Gasteiger partial charge in [0.05, 0.1) is 4.90 Å². The van der Waals surface area contributed by atoms with E-state index in [4.69, 9.17) is 4.42 Å². The molecule has 4 rings (SSSR count). The fraction of sp³-hybridized carbons (Fsp3) is 0.375. The molecule has 0 unspecified atom stereocenters. The summed E-state index contributed by atoms with van der Waals surface area (Å²) in [6.45, 7) is 5.32. The van der Waals surface area contributed by atoms with Crippen LogP contribution in [0.5, 0.6) is 0 Å². The van der Waals surface area contributed by atoms with Crippen LogP contribution >= 0.6 is 0 Å². The summed E-state index contributed by atoms with van der Waals surface area (Å²) in [7, 11) is -3.57. The first-order chi connectivity index (χ1) is 14.9. The van der Waals surface area contributed by atoms with Crippen LogP contribution in [-0.2, 0) is 10.0 Å². The first-order valence-electron chi connectivity index (χ1n) is 10.8. The van der Waals surface area contributed by atoms with Gasteiger partial charge in [0.1, 0.15) is 5.58 Å². The van der Waals surface area contributed by atoms with Crippen LogP contribution in [0.25, 0.3) is 11.0 Å². The molecule has 2 aromatic carbocycles. The van der Waals surface area contributed by atoms with Crippen LogP contribution in [0.1, 0.15) is 48.7 Å². The summed E-state index contributed by atoms with van der Waals surface area (Å²) in [5, 5.41) is 0.656. The number of fused-ring (bicyclic) bond motifs is 1. The minimum Gasteiger partial charge on any atom is -0.451 e. The standard InChI is InChI=1S/C24H28N2O4S/c1-3-26(19-11-7-6-8-12-19)24(27)23-18(2)21-17-20(13-14-22(21)30-23)31(28,29)25-15-9-4-5-10-16-25/h6-8,11-14,17H,3-5,9-10,15-16H2,1-2H3. The molecule has 1 aromatic heterocycles. The largest absolute Gasteiger partial charge is 0.451 e. The summed E-state index contributed by atoms with van der Waals surface area (Å²) in [5.41, 5.74) is 1.96. The van der Waals surface area contributed by atoms with Crippen molar-refractivity contribution in [2.45, 2.75) is 44.4 Å². The van der Waals surface area contributed by atoms with E-state index in [1.54, 1.807) is 34.3 Å². The molecule has 0 saturated carbocycles. The average molecular weight is 441 g/mol. The van der Waals surface area contributed by atoms with Crippen molar-refractivity contribution in [2.24, 2.45) is 0 Å². The molecule has 1 aliphatic heterocycles. The molecule has 1 fully saturated rings. The average Bonchev–Trinajstić information content (AvgIpc) is 2.95. The molecule has 0 bridgehead atoms. The lowest BCUT2D eigenvalue weighted by Gasteiger charge is -2.20. The second kappa shape index (κ2) is 8.85. The number of nitrogens with zero attached hydrogens (tertiary/aromatic N) is 2. The number of hydrogen-bond acceptors (Lipinski definition) is 4. The fourth-order valence-corrected chi connectivity index (χ4v) is 5.71. The summed E-state index contributed by atoms with van der Waals surface area (Å²) in [4.78, 5) is 15.1. The topological polar surface area (TPSA) is 70.8 Å². The number of carbonyl (C=O) groups excluding carboxylic acids is 1. The zero-order valence-electron chi connectivity index (χ0n) is 18.0. The predicted octanol–water partition coefficient (Wildman–Crippen LogP) is 4.97. The zero-order valence-corrected chi connectivity index (χ0v) is 18.8. The Hall–Kier alpha value is -2.64. The molecule has 0 radical (unpaired) electrons. The highest BCUT2D eigenvalue weighted by Gasteiger charge is 2.28. The van der Waals surface area contributed by atoms with Crippen LogP contribution in [0, 0.1) is 6.92 Å². The normalized spacial score (nSPS) is 15.7.